The summed E-state index contributed by atoms with van der Waals surface area (Å²) in [5.74, 6) is 1.63. The highest BCUT2D eigenvalue weighted by Crippen LogP contribution is 2.18. The molecular formula is C15H13ClN2OS. The van der Waals surface area contributed by atoms with Gasteiger partial charge in [-0.15, -0.1) is 11.8 Å². The SMILES string of the molecule is N#CCc1ccc(OCCSc2ccc(Cl)cn2)cc1. The Kier molecular flexibility index (Phi) is 5.72. The van der Waals surface area contributed by atoms with Gasteiger partial charge in [0.15, 0.2) is 0 Å². The number of thioether (sulfide) groups is 1. The summed E-state index contributed by atoms with van der Waals surface area (Å²) >= 11 is 7.39. The van der Waals surface area contributed by atoms with E-state index < -0.39 is 0 Å². The average Bonchev–Trinajstić information content (AvgIpc) is 2.47. The van der Waals surface area contributed by atoms with Crippen LogP contribution in [0.15, 0.2) is 47.6 Å². The molecule has 0 amide bonds. The molecule has 1 heterocycles. The molecule has 0 bridgehead atoms. The third-order valence-electron chi connectivity index (χ3n) is 2.51. The Bertz CT molecular complexity index is 578. The molecule has 0 spiro atoms. The zero-order valence-electron chi connectivity index (χ0n) is 10.8. The molecule has 0 unspecified atom stereocenters. The fourth-order valence-corrected chi connectivity index (χ4v) is 2.33. The molecule has 0 fully saturated rings. The summed E-state index contributed by atoms with van der Waals surface area (Å²) in [4.78, 5) is 4.20. The maximum Gasteiger partial charge on any atom is 0.119 e. The number of ether oxygens (including phenoxy) is 1. The van der Waals surface area contributed by atoms with E-state index in [0.29, 0.717) is 18.1 Å². The van der Waals surface area contributed by atoms with Gasteiger partial charge in [-0.2, -0.15) is 5.26 Å². The standard InChI is InChI=1S/C15H13ClN2OS/c16-13-3-6-15(18-11-13)20-10-9-19-14-4-1-12(2-5-14)7-8-17/h1-6,11H,7,9-10H2. The molecule has 2 rings (SSSR count). The van der Waals surface area contributed by atoms with Crippen molar-refractivity contribution >= 4 is 23.4 Å². The van der Waals surface area contributed by atoms with Crippen molar-refractivity contribution < 1.29 is 4.74 Å². The average molecular weight is 305 g/mol. The van der Waals surface area contributed by atoms with Gasteiger partial charge in [-0.3, -0.25) is 0 Å². The van der Waals surface area contributed by atoms with E-state index in [4.69, 9.17) is 21.6 Å². The van der Waals surface area contributed by atoms with E-state index in [-0.39, 0.29) is 0 Å². The van der Waals surface area contributed by atoms with E-state index in [2.05, 4.69) is 11.1 Å². The minimum atomic E-state index is 0.429. The molecule has 0 N–H and O–H groups in total. The molecule has 0 aliphatic rings. The van der Waals surface area contributed by atoms with E-state index in [0.717, 1.165) is 22.1 Å². The lowest BCUT2D eigenvalue weighted by atomic mass is 10.2. The summed E-state index contributed by atoms with van der Waals surface area (Å²) in [6.07, 6.45) is 2.07. The molecule has 0 saturated carbocycles. The maximum atomic E-state index is 8.59. The number of hydrogen-bond donors (Lipinski definition) is 0. The number of halogens is 1. The third kappa shape index (κ3) is 4.76. The second kappa shape index (κ2) is 7.78. The lowest BCUT2D eigenvalue weighted by molar-refractivity contribution is 0.344. The van der Waals surface area contributed by atoms with Crippen LogP contribution < -0.4 is 4.74 Å². The summed E-state index contributed by atoms with van der Waals surface area (Å²) in [6, 6.07) is 13.4. The van der Waals surface area contributed by atoms with E-state index in [1.54, 1.807) is 18.0 Å². The van der Waals surface area contributed by atoms with Gasteiger partial charge in [-0.1, -0.05) is 23.7 Å². The number of pyridine rings is 1. The highest BCUT2D eigenvalue weighted by Gasteiger charge is 1.98. The Labute approximate surface area is 127 Å². The van der Waals surface area contributed by atoms with Crippen LogP contribution >= 0.6 is 23.4 Å². The van der Waals surface area contributed by atoms with Gasteiger partial charge in [0.25, 0.3) is 0 Å². The lowest BCUT2D eigenvalue weighted by Gasteiger charge is -2.06. The van der Waals surface area contributed by atoms with Crippen LogP contribution in [-0.4, -0.2) is 17.3 Å². The topological polar surface area (TPSA) is 45.9 Å². The number of nitrogens with zero attached hydrogens (tertiary/aromatic N) is 2. The molecule has 20 heavy (non-hydrogen) atoms. The zero-order valence-corrected chi connectivity index (χ0v) is 12.3. The molecule has 0 saturated heterocycles. The predicted octanol–water partition coefficient (Wildman–Crippen LogP) is 3.97. The number of benzene rings is 1. The summed E-state index contributed by atoms with van der Waals surface area (Å²) in [5.41, 5.74) is 1.000. The van der Waals surface area contributed by atoms with Crippen LogP contribution in [0.3, 0.4) is 0 Å². The van der Waals surface area contributed by atoms with Crippen LogP contribution in [0.1, 0.15) is 5.56 Å². The molecule has 2 aromatic rings. The van der Waals surface area contributed by atoms with Gasteiger partial charge in [0.2, 0.25) is 0 Å². The van der Waals surface area contributed by atoms with Crippen molar-refractivity contribution in [3.63, 3.8) is 0 Å². The molecule has 5 heteroatoms. The second-order valence-corrected chi connectivity index (χ2v) is 5.54. The van der Waals surface area contributed by atoms with Gasteiger partial charge in [-0.05, 0) is 29.8 Å². The van der Waals surface area contributed by atoms with Crippen molar-refractivity contribution in [2.45, 2.75) is 11.4 Å². The van der Waals surface area contributed by atoms with Crippen molar-refractivity contribution in [2.75, 3.05) is 12.4 Å². The maximum absolute atomic E-state index is 8.59. The van der Waals surface area contributed by atoms with Crippen LogP contribution in [0, 0.1) is 11.3 Å². The van der Waals surface area contributed by atoms with E-state index in [9.17, 15) is 0 Å². The van der Waals surface area contributed by atoms with E-state index in [1.807, 2.05) is 36.4 Å². The number of rotatable bonds is 6. The highest BCUT2D eigenvalue weighted by molar-refractivity contribution is 7.99. The van der Waals surface area contributed by atoms with Gasteiger partial charge < -0.3 is 4.74 Å². The van der Waals surface area contributed by atoms with Gasteiger partial charge in [0, 0.05) is 11.9 Å². The van der Waals surface area contributed by atoms with Crippen LogP contribution in [0.4, 0.5) is 0 Å². The number of hydrogen-bond acceptors (Lipinski definition) is 4. The summed E-state index contributed by atoms with van der Waals surface area (Å²) in [5, 5.41) is 10.2. The quantitative estimate of drug-likeness (QED) is 0.598. The van der Waals surface area contributed by atoms with Gasteiger partial charge >= 0.3 is 0 Å². The first kappa shape index (κ1) is 14.7. The van der Waals surface area contributed by atoms with Crippen molar-refractivity contribution in [3.8, 4) is 11.8 Å². The van der Waals surface area contributed by atoms with Gasteiger partial charge in [0.1, 0.15) is 5.75 Å². The van der Waals surface area contributed by atoms with Crippen molar-refractivity contribution in [3.05, 3.63) is 53.2 Å². The van der Waals surface area contributed by atoms with Crippen LogP contribution in [0.25, 0.3) is 0 Å². The van der Waals surface area contributed by atoms with E-state index >= 15 is 0 Å². The van der Waals surface area contributed by atoms with Crippen LogP contribution in [-0.2, 0) is 6.42 Å². The second-order valence-electron chi connectivity index (χ2n) is 3.99. The molecule has 1 aromatic carbocycles. The van der Waals surface area contributed by atoms with Crippen molar-refractivity contribution in [1.29, 1.82) is 5.26 Å². The third-order valence-corrected chi connectivity index (χ3v) is 3.64. The summed E-state index contributed by atoms with van der Waals surface area (Å²) in [6.45, 7) is 0.604. The first-order valence-electron chi connectivity index (χ1n) is 6.11. The first-order valence-corrected chi connectivity index (χ1v) is 7.47. The zero-order chi connectivity index (χ0) is 14.2. The monoisotopic (exact) mass is 304 g/mol. The molecule has 0 atom stereocenters. The minimum Gasteiger partial charge on any atom is -0.493 e. The Balaban J connectivity index is 1.73. The summed E-state index contributed by atoms with van der Waals surface area (Å²) in [7, 11) is 0. The van der Waals surface area contributed by atoms with Crippen LogP contribution in [0.5, 0.6) is 5.75 Å². The molecule has 0 aliphatic heterocycles. The van der Waals surface area contributed by atoms with E-state index in [1.165, 1.54) is 0 Å². The minimum absolute atomic E-state index is 0.429. The van der Waals surface area contributed by atoms with Crippen molar-refractivity contribution in [2.24, 2.45) is 0 Å². The summed E-state index contributed by atoms with van der Waals surface area (Å²) < 4.78 is 5.63. The fraction of sp³-hybridized carbons (Fsp3) is 0.200. The Morgan fingerprint density at radius 3 is 2.65 bits per heavy atom. The highest BCUT2D eigenvalue weighted by atomic mass is 35.5. The molecule has 3 nitrogen and oxygen atoms in total. The lowest BCUT2D eigenvalue weighted by Crippen LogP contribution is -2.00. The van der Waals surface area contributed by atoms with Crippen molar-refractivity contribution in [1.82, 2.24) is 4.98 Å². The molecule has 102 valence electrons. The van der Waals surface area contributed by atoms with Gasteiger partial charge in [-0.25, -0.2) is 4.98 Å². The largest absolute Gasteiger partial charge is 0.493 e. The predicted molar refractivity (Wildman–Crippen MR) is 81.2 cm³/mol. The molecule has 0 aliphatic carbocycles. The smallest absolute Gasteiger partial charge is 0.119 e. The number of nitriles is 1. The Morgan fingerprint density at radius 2 is 2.00 bits per heavy atom. The molecule has 1 aromatic heterocycles. The van der Waals surface area contributed by atoms with Gasteiger partial charge in [0.05, 0.1) is 29.1 Å². The van der Waals surface area contributed by atoms with Crippen LogP contribution in [0.2, 0.25) is 5.02 Å². The molecular weight excluding hydrogens is 292 g/mol. The Hall–Kier alpha value is -1.70. The fourth-order valence-electron chi connectivity index (χ4n) is 1.55. The number of aromatic nitrogens is 1. The molecule has 0 radical (unpaired) electrons. The first-order chi connectivity index (χ1) is 9.78. The Morgan fingerprint density at radius 1 is 1.20 bits per heavy atom. The normalized spacial score (nSPS) is 10.0.